The average molecular weight is 343 g/mol. The molecule has 3 aliphatic rings. The molecular formula is C26H30. The molecule has 0 nitrogen and oxygen atoms in total. The van der Waals surface area contributed by atoms with Crippen LogP contribution in [0.2, 0.25) is 0 Å². The van der Waals surface area contributed by atoms with Crippen LogP contribution in [0.4, 0.5) is 0 Å². The number of allylic oxidation sites excluding steroid dienone is 4. The van der Waals surface area contributed by atoms with Gasteiger partial charge in [0.1, 0.15) is 0 Å². The zero-order chi connectivity index (χ0) is 17.3. The maximum Gasteiger partial charge on any atom is -0.0143 e. The topological polar surface area (TPSA) is 0 Å². The molecule has 0 spiro atoms. The molecule has 3 aliphatic carbocycles. The van der Waals surface area contributed by atoms with Crippen molar-refractivity contribution in [3.63, 3.8) is 0 Å². The van der Waals surface area contributed by atoms with Crippen molar-refractivity contribution in [3.05, 3.63) is 64.7 Å². The number of aryl methyl sites for hydroxylation is 1. The molecule has 0 radical (unpaired) electrons. The Morgan fingerprint density at radius 1 is 0.731 bits per heavy atom. The van der Waals surface area contributed by atoms with E-state index in [1.807, 2.05) is 0 Å². The third-order valence-corrected chi connectivity index (χ3v) is 7.00. The van der Waals surface area contributed by atoms with Gasteiger partial charge in [0.15, 0.2) is 0 Å². The molecular weight excluding hydrogens is 312 g/mol. The highest BCUT2D eigenvalue weighted by atomic mass is 14.3. The van der Waals surface area contributed by atoms with Gasteiger partial charge in [0.2, 0.25) is 0 Å². The van der Waals surface area contributed by atoms with Gasteiger partial charge in [0, 0.05) is 0 Å². The Labute approximate surface area is 158 Å². The Hall–Kier alpha value is -1.82. The van der Waals surface area contributed by atoms with Crippen LogP contribution in [0.5, 0.6) is 0 Å². The summed E-state index contributed by atoms with van der Waals surface area (Å²) < 4.78 is 0. The number of hydrogen-bond donors (Lipinski definition) is 0. The fourth-order valence-electron chi connectivity index (χ4n) is 5.62. The maximum absolute atomic E-state index is 2.45. The maximum atomic E-state index is 2.45. The highest BCUT2D eigenvalue weighted by Gasteiger charge is 2.22. The smallest absolute Gasteiger partial charge is 0.0143 e. The minimum atomic E-state index is 0.769. The Morgan fingerprint density at radius 2 is 1.58 bits per heavy atom. The molecule has 0 aliphatic heterocycles. The van der Waals surface area contributed by atoms with Crippen LogP contribution in [0.25, 0.3) is 16.3 Å². The first kappa shape index (κ1) is 16.4. The molecule has 0 heteroatoms. The van der Waals surface area contributed by atoms with Crippen molar-refractivity contribution >= 4 is 16.3 Å². The molecule has 0 heterocycles. The molecule has 2 aromatic rings. The van der Waals surface area contributed by atoms with Gasteiger partial charge in [-0.25, -0.2) is 0 Å². The highest BCUT2D eigenvalue weighted by Crippen LogP contribution is 2.42. The van der Waals surface area contributed by atoms with Gasteiger partial charge in [0.25, 0.3) is 0 Å². The zero-order valence-electron chi connectivity index (χ0n) is 15.9. The summed E-state index contributed by atoms with van der Waals surface area (Å²) in [4.78, 5) is 0. The highest BCUT2D eigenvalue weighted by molar-refractivity contribution is 5.95. The van der Waals surface area contributed by atoms with Crippen molar-refractivity contribution < 1.29 is 0 Å². The van der Waals surface area contributed by atoms with Crippen molar-refractivity contribution in [2.24, 2.45) is 0 Å². The van der Waals surface area contributed by atoms with Crippen LogP contribution < -0.4 is 0 Å². The van der Waals surface area contributed by atoms with Gasteiger partial charge < -0.3 is 0 Å². The SMILES string of the molecule is C1=CC2=C(CC1)CCc1c2ccc2c(C3CCCCCCC3)cccc12. The van der Waals surface area contributed by atoms with E-state index in [2.05, 4.69) is 42.5 Å². The third kappa shape index (κ3) is 2.84. The minimum Gasteiger partial charge on any atom is -0.0836 e. The fraction of sp³-hybridized carbons (Fsp3) is 0.462. The Bertz CT molecular complexity index is 872. The summed E-state index contributed by atoms with van der Waals surface area (Å²) in [5.74, 6) is 0.769. The molecule has 1 saturated carbocycles. The van der Waals surface area contributed by atoms with Crippen molar-refractivity contribution in [1.29, 1.82) is 0 Å². The molecule has 1 fully saturated rings. The van der Waals surface area contributed by atoms with E-state index in [4.69, 9.17) is 0 Å². The second kappa shape index (κ2) is 7.06. The molecule has 0 unspecified atom stereocenters. The molecule has 0 bridgehead atoms. The van der Waals surface area contributed by atoms with E-state index in [0.29, 0.717) is 0 Å². The zero-order valence-corrected chi connectivity index (χ0v) is 15.9. The molecule has 0 saturated heterocycles. The van der Waals surface area contributed by atoms with E-state index in [-0.39, 0.29) is 0 Å². The third-order valence-electron chi connectivity index (χ3n) is 7.00. The van der Waals surface area contributed by atoms with Gasteiger partial charge in [-0.2, -0.15) is 0 Å². The minimum absolute atomic E-state index is 0.769. The first-order valence-electron chi connectivity index (χ1n) is 10.9. The largest absolute Gasteiger partial charge is 0.0836 e. The van der Waals surface area contributed by atoms with Crippen molar-refractivity contribution in [2.75, 3.05) is 0 Å². The summed E-state index contributed by atoms with van der Waals surface area (Å²) >= 11 is 0. The molecule has 0 amide bonds. The van der Waals surface area contributed by atoms with Gasteiger partial charge in [-0.05, 0) is 77.5 Å². The van der Waals surface area contributed by atoms with Gasteiger partial charge >= 0.3 is 0 Å². The predicted molar refractivity (Wildman–Crippen MR) is 113 cm³/mol. The number of rotatable bonds is 1. The second-order valence-corrected chi connectivity index (χ2v) is 8.53. The van der Waals surface area contributed by atoms with Crippen LogP contribution in [0.1, 0.15) is 86.8 Å². The monoisotopic (exact) mass is 342 g/mol. The van der Waals surface area contributed by atoms with E-state index in [9.17, 15) is 0 Å². The Balaban J connectivity index is 1.61. The van der Waals surface area contributed by atoms with Gasteiger partial charge in [-0.15, -0.1) is 0 Å². The van der Waals surface area contributed by atoms with E-state index < -0.39 is 0 Å². The van der Waals surface area contributed by atoms with E-state index in [0.717, 1.165) is 5.92 Å². The first-order chi connectivity index (χ1) is 12.9. The molecule has 26 heavy (non-hydrogen) atoms. The van der Waals surface area contributed by atoms with Crippen LogP contribution >= 0.6 is 0 Å². The molecule has 2 aromatic carbocycles. The van der Waals surface area contributed by atoms with Crippen LogP contribution in [0.3, 0.4) is 0 Å². The molecule has 5 rings (SSSR count). The summed E-state index contributed by atoms with van der Waals surface area (Å²) in [6, 6.07) is 12.0. The Morgan fingerprint density at radius 3 is 2.46 bits per heavy atom. The first-order valence-corrected chi connectivity index (χ1v) is 10.9. The summed E-state index contributed by atoms with van der Waals surface area (Å²) in [6.07, 6.45) is 19.6. The Kier molecular flexibility index (Phi) is 4.44. The number of hydrogen-bond acceptors (Lipinski definition) is 0. The average Bonchev–Trinajstić information content (AvgIpc) is 2.67. The van der Waals surface area contributed by atoms with Crippen molar-refractivity contribution in [2.45, 2.75) is 76.5 Å². The molecule has 0 atom stereocenters. The van der Waals surface area contributed by atoms with Crippen LogP contribution in [0, 0.1) is 0 Å². The fourth-order valence-corrected chi connectivity index (χ4v) is 5.62. The van der Waals surface area contributed by atoms with Crippen molar-refractivity contribution in [1.82, 2.24) is 0 Å². The lowest BCUT2D eigenvalue weighted by Crippen LogP contribution is -2.08. The summed E-state index contributed by atoms with van der Waals surface area (Å²) in [5.41, 5.74) is 7.99. The summed E-state index contributed by atoms with van der Waals surface area (Å²) in [7, 11) is 0. The quantitative estimate of drug-likeness (QED) is 0.497. The summed E-state index contributed by atoms with van der Waals surface area (Å²) in [5, 5.41) is 3.08. The van der Waals surface area contributed by atoms with Crippen molar-refractivity contribution in [3.8, 4) is 0 Å². The van der Waals surface area contributed by atoms with Gasteiger partial charge in [-0.1, -0.05) is 80.2 Å². The molecule has 134 valence electrons. The molecule has 0 aromatic heterocycles. The van der Waals surface area contributed by atoms with Gasteiger partial charge in [-0.3, -0.25) is 0 Å². The molecule has 0 N–H and O–H groups in total. The summed E-state index contributed by atoms with van der Waals surface area (Å²) in [6.45, 7) is 0. The van der Waals surface area contributed by atoms with Crippen LogP contribution in [-0.2, 0) is 6.42 Å². The van der Waals surface area contributed by atoms with E-state index >= 15 is 0 Å². The second-order valence-electron chi connectivity index (χ2n) is 8.53. The number of benzene rings is 2. The predicted octanol–water partition coefficient (Wildman–Crippen LogP) is 7.72. The lowest BCUT2D eigenvalue weighted by molar-refractivity contribution is 0.457. The normalized spacial score (nSPS) is 21.2. The lowest BCUT2D eigenvalue weighted by Gasteiger charge is -2.27. The van der Waals surface area contributed by atoms with Crippen LogP contribution in [-0.4, -0.2) is 0 Å². The van der Waals surface area contributed by atoms with E-state index in [1.54, 1.807) is 22.1 Å². The van der Waals surface area contributed by atoms with Crippen LogP contribution in [0.15, 0.2) is 48.1 Å². The lowest BCUT2D eigenvalue weighted by atomic mass is 9.78. The van der Waals surface area contributed by atoms with E-state index in [1.165, 1.54) is 87.2 Å². The van der Waals surface area contributed by atoms with Gasteiger partial charge in [0.05, 0.1) is 0 Å². The number of fused-ring (bicyclic) bond motifs is 4. The standard InChI is InChI=1S/C26H30/c1-2-4-9-19(10-5-3-1)22-13-8-14-23-24(22)17-18-25-21-12-7-6-11-20(21)15-16-26(23)25/h7-8,12-14,17-19H,1-6,9-11,15-16H2.